The van der Waals surface area contributed by atoms with Crippen LogP contribution in [0.3, 0.4) is 0 Å². The summed E-state index contributed by atoms with van der Waals surface area (Å²) >= 11 is 0. The van der Waals surface area contributed by atoms with Gasteiger partial charge >= 0.3 is 0 Å². The fourth-order valence-electron chi connectivity index (χ4n) is 2.65. The zero-order chi connectivity index (χ0) is 17.8. The van der Waals surface area contributed by atoms with Crippen molar-refractivity contribution in [3.8, 4) is 5.75 Å². The average molecular weight is 342 g/mol. The van der Waals surface area contributed by atoms with E-state index in [-0.39, 0.29) is 18.4 Å². The van der Waals surface area contributed by atoms with Crippen molar-refractivity contribution < 1.29 is 14.3 Å². The number of aromatic amines is 1. The Kier molecular flexibility index (Phi) is 5.02. The first-order chi connectivity index (χ1) is 12.1. The zero-order valence-corrected chi connectivity index (χ0v) is 14.4. The van der Waals surface area contributed by atoms with Gasteiger partial charge in [-0.25, -0.2) is 0 Å². The van der Waals surface area contributed by atoms with E-state index in [0.717, 1.165) is 18.5 Å². The summed E-state index contributed by atoms with van der Waals surface area (Å²) in [5, 5.41) is 9.80. The van der Waals surface area contributed by atoms with Crippen molar-refractivity contribution in [1.82, 2.24) is 15.1 Å². The first kappa shape index (κ1) is 17.0. The number of nitrogens with zero attached hydrogens (tertiary/aromatic N) is 2. The van der Waals surface area contributed by atoms with Crippen molar-refractivity contribution in [2.24, 2.45) is 0 Å². The Hall–Kier alpha value is -2.83. The minimum absolute atomic E-state index is 0.0427. The van der Waals surface area contributed by atoms with Crippen molar-refractivity contribution in [2.75, 3.05) is 25.5 Å². The Morgan fingerprint density at radius 1 is 1.36 bits per heavy atom. The van der Waals surface area contributed by atoms with E-state index in [0.29, 0.717) is 29.6 Å². The van der Waals surface area contributed by atoms with Crippen molar-refractivity contribution in [3.63, 3.8) is 0 Å². The molecular weight excluding hydrogens is 320 g/mol. The molecule has 0 spiro atoms. The Bertz CT molecular complexity index is 767. The van der Waals surface area contributed by atoms with Gasteiger partial charge < -0.3 is 15.0 Å². The number of benzene rings is 1. The normalized spacial score (nSPS) is 13.4. The molecule has 2 aromatic rings. The van der Waals surface area contributed by atoms with Gasteiger partial charge in [0.25, 0.3) is 5.91 Å². The van der Waals surface area contributed by atoms with Crippen LogP contribution in [-0.2, 0) is 4.79 Å². The second kappa shape index (κ2) is 7.38. The number of hydrogen-bond acceptors (Lipinski definition) is 4. The van der Waals surface area contributed by atoms with Gasteiger partial charge in [0.1, 0.15) is 18.0 Å². The van der Waals surface area contributed by atoms with E-state index < -0.39 is 0 Å². The molecule has 0 aliphatic heterocycles. The third-order valence-corrected chi connectivity index (χ3v) is 4.22. The largest absolute Gasteiger partial charge is 0.495 e. The topological polar surface area (TPSA) is 87.3 Å². The molecule has 1 saturated carbocycles. The molecule has 0 unspecified atom stereocenters. The summed E-state index contributed by atoms with van der Waals surface area (Å²) in [6.45, 7) is 2.21. The Morgan fingerprint density at radius 3 is 2.80 bits per heavy atom. The fourth-order valence-corrected chi connectivity index (χ4v) is 2.65. The highest BCUT2D eigenvalue weighted by Crippen LogP contribution is 2.39. The maximum atomic E-state index is 12.6. The number of H-pyrrole nitrogens is 1. The van der Waals surface area contributed by atoms with Crippen LogP contribution in [0.1, 0.15) is 41.9 Å². The van der Waals surface area contributed by atoms with E-state index >= 15 is 0 Å². The molecule has 2 N–H and O–H groups in total. The van der Waals surface area contributed by atoms with Gasteiger partial charge in [0.05, 0.1) is 12.8 Å². The number of rotatable bonds is 7. The maximum absolute atomic E-state index is 12.6. The summed E-state index contributed by atoms with van der Waals surface area (Å²) in [7, 11) is 1.54. The quantitative estimate of drug-likeness (QED) is 0.809. The van der Waals surface area contributed by atoms with Gasteiger partial charge in [-0.1, -0.05) is 12.1 Å². The van der Waals surface area contributed by atoms with E-state index in [1.54, 1.807) is 25.3 Å². The van der Waals surface area contributed by atoms with E-state index in [1.165, 1.54) is 4.90 Å². The summed E-state index contributed by atoms with van der Waals surface area (Å²) in [6, 6.07) is 8.95. The van der Waals surface area contributed by atoms with Crippen LogP contribution < -0.4 is 10.1 Å². The number of nitrogens with one attached hydrogen (secondary N) is 2. The fraction of sp³-hybridized carbons (Fsp3) is 0.389. The van der Waals surface area contributed by atoms with Crippen LogP contribution in [0.4, 0.5) is 5.69 Å². The number of anilines is 1. The maximum Gasteiger partial charge on any atom is 0.274 e. The predicted molar refractivity (Wildman–Crippen MR) is 93.8 cm³/mol. The minimum Gasteiger partial charge on any atom is -0.495 e. The molecule has 1 aliphatic rings. The summed E-state index contributed by atoms with van der Waals surface area (Å²) in [5.74, 6) is 0.544. The number of ether oxygens (including phenoxy) is 1. The van der Waals surface area contributed by atoms with Crippen LogP contribution in [0.25, 0.3) is 0 Å². The Balaban J connectivity index is 1.64. The SMILES string of the molecule is CCN(CC(=O)Nc1ccccc1OC)C(=O)c1cc(C2CC2)[nH]n1. The lowest BCUT2D eigenvalue weighted by atomic mass is 10.2. The van der Waals surface area contributed by atoms with E-state index in [4.69, 9.17) is 4.74 Å². The van der Waals surface area contributed by atoms with E-state index in [9.17, 15) is 9.59 Å². The monoisotopic (exact) mass is 342 g/mol. The third-order valence-electron chi connectivity index (χ3n) is 4.22. The van der Waals surface area contributed by atoms with Gasteiger partial charge in [0, 0.05) is 18.2 Å². The molecular formula is C18H22N4O3. The Labute approximate surface area is 146 Å². The summed E-state index contributed by atoms with van der Waals surface area (Å²) in [5.41, 5.74) is 1.93. The van der Waals surface area contributed by atoms with E-state index in [2.05, 4.69) is 15.5 Å². The third kappa shape index (κ3) is 3.99. The number of amides is 2. The van der Waals surface area contributed by atoms with Crippen LogP contribution in [0.2, 0.25) is 0 Å². The molecule has 0 bridgehead atoms. The number of carbonyl (C=O) groups excluding carboxylic acids is 2. The first-order valence-corrected chi connectivity index (χ1v) is 8.39. The number of hydrogen-bond donors (Lipinski definition) is 2. The summed E-state index contributed by atoms with van der Waals surface area (Å²) < 4.78 is 5.22. The molecule has 25 heavy (non-hydrogen) atoms. The number of likely N-dealkylation sites (N-methyl/N-ethyl adjacent to an activating group) is 1. The van der Waals surface area contributed by atoms with Gasteiger partial charge in [-0.15, -0.1) is 0 Å². The average Bonchev–Trinajstić information content (AvgIpc) is 3.36. The highest BCUT2D eigenvalue weighted by Gasteiger charge is 2.27. The van der Waals surface area contributed by atoms with Crippen LogP contribution >= 0.6 is 0 Å². The van der Waals surface area contributed by atoms with Crippen molar-refractivity contribution in [2.45, 2.75) is 25.7 Å². The second-order valence-corrected chi connectivity index (χ2v) is 6.05. The van der Waals surface area contributed by atoms with Crippen LogP contribution in [0, 0.1) is 0 Å². The van der Waals surface area contributed by atoms with Gasteiger partial charge in [-0.3, -0.25) is 14.7 Å². The van der Waals surface area contributed by atoms with Gasteiger partial charge in [-0.2, -0.15) is 5.10 Å². The predicted octanol–water partition coefficient (Wildman–Crippen LogP) is 2.40. The standard InChI is InChI=1S/C18H22N4O3/c1-3-22(18(24)15-10-14(20-21-15)12-8-9-12)11-17(23)19-13-6-4-5-7-16(13)25-2/h4-7,10,12H,3,8-9,11H2,1-2H3,(H,19,23)(H,20,21). The first-order valence-electron chi connectivity index (χ1n) is 8.39. The highest BCUT2D eigenvalue weighted by molar-refractivity contribution is 5.99. The number of methoxy groups -OCH3 is 1. The molecule has 0 radical (unpaired) electrons. The molecule has 7 heteroatoms. The molecule has 1 heterocycles. The molecule has 2 amide bonds. The van der Waals surface area contributed by atoms with Gasteiger partial charge in [0.15, 0.2) is 0 Å². The number of carbonyl (C=O) groups is 2. The molecule has 0 atom stereocenters. The second-order valence-electron chi connectivity index (χ2n) is 6.05. The summed E-state index contributed by atoms with van der Waals surface area (Å²) in [6.07, 6.45) is 2.27. The lowest BCUT2D eigenvalue weighted by molar-refractivity contribution is -0.116. The van der Waals surface area contributed by atoms with Crippen molar-refractivity contribution >= 4 is 17.5 Å². The zero-order valence-electron chi connectivity index (χ0n) is 14.4. The van der Waals surface area contributed by atoms with Crippen LogP contribution in [0.15, 0.2) is 30.3 Å². The van der Waals surface area contributed by atoms with Crippen LogP contribution in [-0.4, -0.2) is 47.1 Å². The molecule has 3 rings (SSSR count). The molecule has 0 saturated heterocycles. The lowest BCUT2D eigenvalue weighted by Gasteiger charge is -2.19. The molecule has 1 aromatic carbocycles. The molecule has 1 aromatic heterocycles. The van der Waals surface area contributed by atoms with Crippen LogP contribution in [0.5, 0.6) is 5.75 Å². The lowest BCUT2D eigenvalue weighted by Crippen LogP contribution is -2.38. The van der Waals surface area contributed by atoms with Crippen molar-refractivity contribution in [1.29, 1.82) is 0 Å². The van der Waals surface area contributed by atoms with Gasteiger partial charge in [0.2, 0.25) is 5.91 Å². The highest BCUT2D eigenvalue weighted by atomic mass is 16.5. The molecule has 1 fully saturated rings. The number of para-hydroxylation sites is 2. The summed E-state index contributed by atoms with van der Waals surface area (Å²) in [4.78, 5) is 26.4. The van der Waals surface area contributed by atoms with Crippen molar-refractivity contribution in [3.05, 3.63) is 41.7 Å². The Morgan fingerprint density at radius 2 is 2.12 bits per heavy atom. The molecule has 1 aliphatic carbocycles. The van der Waals surface area contributed by atoms with Gasteiger partial charge in [-0.05, 0) is 38.0 Å². The molecule has 132 valence electrons. The minimum atomic E-state index is -0.280. The molecule has 7 nitrogen and oxygen atoms in total. The number of aromatic nitrogens is 2. The van der Waals surface area contributed by atoms with E-state index in [1.807, 2.05) is 19.1 Å². The smallest absolute Gasteiger partial charge is 0.274 e.